The Bertz CT molecular complexity index is 318. The smallest absolute Gasteiger partial charge is 0.205 e. The molecule has 0 bridgehead atoms. The molecule has 1 aromatic rings. The van der Waals surface area contributed by atoms with Crippen LogP contribution in [0.2, 0.25) is 0 Å². The molecule has 1 aliphatic rings. The second-order valence-electron chi connectivity index (χ2n) is 4.58. The largest absolute Gasteiger partial charge is 0.360 e. The SMILES string of the molecule is CCNc1nnc(CN2CCCCCCC2)s1. The van der Waals surface area contributed by atoms with E-state index >= 15 is 0 Å². The van der Waals surface area contributed by atoms with Crippen molar-refractivity contribution in [3.05, 3.63) is 5.01 Å². The van der Waals surface area contributed by atoms with E-state index in [0.717, 1.165) is 23.2 Å². The molecule has 0 aliphatic carbocycles. The van der Waals surface area contributed by atoms with Crippen molar-refractivity contribution in [2.75, 3.05) is 25.0 Å². The first-order valence-electron chi connectivity index (χ1n) is 6.67. The third-order valence-corrected chi connectivity index (χ3v) is 3.97. The quantitative estimate of drug-likeness (QED) is 0.897. The Balaban J connectivity index is 1.84. The first-order chi connectivity index (χ1) is 8.38. The summed E-state index contributed by atoms with van der Waals surface area (Å²) in [5.74, 6) is 0. The molecule has 4 nitrogen and oxygen atoms in total. The Labute approximate surface area is 107 Å². The van der Waals surface area contributed by atoms with Gasteiger partial charge in [0, 0.05) is 6.54 Å². The molecule has 17 heavy (non-hydrogen) atoms. The van der Waals surface area contributed by atoms with Gasteiger partial charge in [-0.1, -0.05) is 30.6 Å². The fourth-order valence-electron chi connectivity index (χ4n) is 2.20. The van der Waals surface area contributed by atoms with Crippen LogP contribution < -0.4 is 5.32 Å². The van der Waals surface area contributed by atoms with Crippen LogP contribution in [0.1, 0.15) is 44.0 Å². The van der Waals surface area contributed by atoms with Crippen molar-refractivity contribution >= 4 is 16.5 Å². The van der Waals surface area contributed by atoms with E-state index in [1.54, 1.807) is 11.3 Å². The van der Waals surface area contributed by atoms with Crippen molar-refractivity contribution in [1.82, 2.24) is 15.1 Å². The second-order valence-corrected chi connectivity index (χ2v) is 5.64. The fourth-order valence-corrected chi connectivity index (χ4v) is 3.05. The molecule has 1 saturated heterocycles. The monoisotopic (exact) mass is 254 g/mol. The Morgan fingerprint density at radius 2 is 1.82 bits per heavy atom. The summed E-state index contributed by atoms with van der Waals surface area (Å²) in [6, 6.07) is 0. The van der Waals surface area contributed by atoms with Crippen molar-refractivity contribution in [2.24, 2.45) is 0 Å². The molecule has 0 amide bonds. The third kappa shape index (κ3) is 4.24. The lowest BCUT2D eigenvalue weighted by atomic mass is 10.1. The molecule has 1 N–H and O–H groups in total. The van der Waals surface area contributed by atoms with E-state index in [-0.39, 0.29) is 0 Å². The van der Waals surface area contributed by atoms with Crippen LogP contribution in [-0.4, -0.2) is 34.7 Å². The predicted octanol–water partition coefficient (Wildman–Crippen LogP) is 2.74. The van der Waals surface area contributed by atoms with Crippen molar-refractivity contribution in [3.8, 4) is 0 Å². The molecule has 0 radical (unpaired) electrons. The Kier molecular flexibility index (Phi) is 5.19. The van der Waals surface area contributed by atoms with E-state index in [4.69, 9.17) is 0 Å². The molecule has 5 heteroatoms. The van der Waals surface area contributed by atoms with Crippen LogP contribution in [0.3, 0.4) is 0 Å². The molecule has 2 heterocycles. The normalized spacial score (nSPS) is 18.6. The molecular weight excluding hydrogens is 232 g/mol. The highest BCUT2D eigenvalue weighted by Gasteiger charge is 2.11. The van der Waals surface area contributed by atoms with Crippen molar-refractivity contribution in [2.45, 2.75) is 45.6 Å². The highest BCUT2D eigenvalue weighted by Crippen LogP contribution is 2.18. The van der Waals surface area contributed by atoms with Crippen LogP contribution in [0.4, 0.5) is 5.13 Å². The molecule has 1 aromatic heterocycles. The number of likely N-dealkylation sites (tertiary alicyclic amines) is 1. The van der Waals surface area contributed by atoms with Crippen molar-refractivity contribution in [1.29, 1.82) is 0 Å². The molecular formula is C12H22N4S. The first-order valence-corrected chi connectivity index (χ1v) is 7.48. The van der Waals surface area contributed by atoms with Crippen molar-refractivity contribution < 1.29 is 0 Å². The molecule has 0 spiro atoms. The van der Waals surface area contributed by atoms with Gasteiger partial charge in [0.2, 0.25) is 5.13 Å². The van der Waals surface area contributed by atoms with Crippen LogP contribution in [-0.2, 0) is 6.54 Å². The lowest BCUT2D eigenvalue weighted by molar-refractivity contribution is 0.239. The maximum atomic E-state index is 4.25. The first kappa shape index (κ1) is 12.8. The molecule has 96 valence electrons. The fraction of sp³-hybridized carbons (Fsp3) is 0.833. The van der Waals surface area contributed by atoms with Gasteiger partial charge in [0.1, 0.15) is 5.01 Å². The average molecular weight is 254 g/mol. The van der Waals surface area contributed by atoms with Crippen molar-refractivity contribution in [3.63, 3.8) is 0 Å². The van der Waals surface area contributed by atoms with Gasteiger partial charge < -0.3 is 5.32 Å². The maximum Gasteiger partial charge on any atom is 0.205 e. The average Bonchev–Trinajstić information content (AvgIpc) is 2.70. The molecule has 0 atom stereocenters. The highest BCUT2D eigenvalue weighted by atomic mass is 32.1. The van der Waals surface area contributed by atoms with Crippen LogP contribution in [0.15, 0.2) is 0 Å². The van der Waals surface area contributed by atoms with E-state index in [0.29, 0.717) is 0 Å². The molecule has 1 aliphatic heterocycles. The summed E-state index contributed by atoms with van der Waals surface area (Å²) in [5, 5.41) is 13.7. The standard InChI is InChI=1S/C12H22N4S/c1-2-13-12-15-14-11(17-12)10-16-8-6-4-3-5-7-9-16/h2-10H2,1H3,(H,13,15). The summed E-state index contributed by atoms with van der Waals surface area (Å²) in [4.78, 5) is 2.52. The van der Waals surface area contributed by atoms with Crippen LogP contribution >= 0.6 is 11.3 Å². The number of nitrogens with one attached hydrogen (secondary N) is 1. The number of aromatic nitrogens is 2. The minimum absolute atomic E-state index is 0.915. The third-order valence-electron chi connectivity index (χ3n) is 3.10. The highest BCUT2D eigenvalue weighted by molar-refractivity contribution is 7.15. The molecule has 1 fully saturated rings. The summed E-state index contributed by atoms with van der Waals surface area (Å²) >= 11 is 1.69. The number of nitrogens with zero attached hydrogens (tertiary/aromatic N) is 3. The van der Waals surface area contributed by atoms with Gasteiger partial charge in [0.05, 0.1) is 6.54 Å². The second kappa shape index (κ2) is 6.91. The molecule has 0 unspecified atom stereocenters. The van der Waals surface area contributed by atoms with Gasteiger partial charge in [-0.05, 0) is 32.9 Å². The number of hydrogen-bond donors (Lipinski definition) is 1. The van der Waals surface area contributed by atoms with Crippen LogP contribution in [0, 0.1) is 0 Å². The minimum Gasteiger partial charge on any atom is -0.360 e. The molecule has 2 rings (SSSR count). The number of hydrogen-bond acceptors (Lipinski definition) is 5. The lowest BCUT2D eigenvalue weighted by Crippen LogP contribution is -2.26. The van der Waals surface area contributed by atoms with Gasteiger partial charge in [-0.25, -0.2) is 0 Å². The zero-order valence-corrected chi connectivity index (χ0v) is 11.4. The van der Waals surface area contributed by atoms with Gasteiger partial charge in [-0.15, -0.1) is 10.2 Å². The summed E-state index contributed by atoms with van der Waals surface area (Å²) in [7, 11) is 0. The summed E-state index contributed by atoms with van der Waals surface area (Å²) in [5.41, 5.74) is 0. The Morgan fingerprint density at radius 1 is 1.12 bits per heavy atom. The van der Waals surface area contributed by atoms with Gasteiger partial charge in [0.25, 0.3) is 0 Å². The van der Waals surface area contributed by atoms with E-state index in [9.17, 15) is 0 Å². The number of anilines is 1. The summed E-state index contributed by atoms with van der Waals surface area (Å²) in [6.07, 6.45) is 6.85. The zero-order valence-electron chi connectivity index (χ0n) is 10.6. The van der Waals surface area contributed by atoms with Gasteiger partial charge in [-0.3, -0.25) is 4.90 Å². The topological polar surface area (TPSA) is 41.1 Å². The Hall–Kier alpha value is -0.680. The van der Waals surface area contributed by atoms with E-state index in [2.05, 4.69) is 27.3 Å². The minimum atomic E-state index is 0.915. The van der Waals surface area contributed by atoms with Gasteiger partial charge >= 0.3 is 0 Å². The zero-order chi connectivity index (χ0) is 11.9. The van der Waals surface area contributed by atoms with E-state index in [1.165, 1.54) is 45.2 Å². The Morgan fingerprint density at radius 3 is 2.53 bits per heavy atom. The number of rotatable bonds is 4. The molecule has 0 saturated carbocycles. The van der Waals surface area contributed by atoms with E-state index < -0.39 is 0 Å². The summed E-state index contributed by atoms with van der Waals surface area (Å²) in [6.45, 7) is 6.41. The van der Waals surface area contributed by atoms with Gasteiger partial charge in [0.15, 0.2) is 0 Å². The van der Waals surface area contributed by atoms with Crippen LogP contribution in [0.25, 0.3) is 0 Å². The maximum absolute atomic E-state index is 4.25. The van der Waals surface area contributed by atoms with Gasteiger partial charge in [-0.2, -0.15) is 0 Å². The van der Waals surface area contributed by atoms with E-state index in [1.807, 2.05) is 0 Å². The van der Waals surface area contributed by atoms with Crippen LogP contribution in [0.5, 0.6) is 0 Å². The lowest BCUT2D eigenvalue weighted by Gasteiger charge is -2.22. The molecule has 0 aromatic carbocycles. The predicted molar refractivity (Wildman–Crippen MR) is 72.4 cm³/mol. The summed E-state index contributed by atoms with van der Waals surface area (Å²) < 4.78 is 0.